The Labute approximate surface area is 125 Å². The van der Waals surface area contributed by atoms with Gasteiger partial charge in [-0.05, 0) is 38.1 Å². The van der Waals surface area contributed by atoms with Crippen molar-refractivity contribution in [1.29, 1.82) is 0 Å². The third-order valence-corrected chi connectivity index (χ3v) is 3.58. The Morgan fingerprint density at radius 2 is 1.62 bits per heavy atom. The van der Waals surface area contributed by atoms with Crippen LogP contribution in [0.5, 0.6) is 0 Å². The van der Waals surface area contributed by atoms with Crippen molar-refractivity contribution < 1.29 is 9.59 Å². The van der Waals surface area contributed by atoms with Crippen LogP contribution in [0.3, 0.4) is 0 Å². The van der Waals surface area contributed by atoms with Crippen LogP contribution >= 0.6 is 0 Å². The van der Waals surface area contributed by atoms with E-state index >= 15 is 0 Å². The van der Waals surface area contributed by atoms with Gasteiger partial charge in [0.2, 0.25) is 5.91 Å². The molecule has 0 radical (unpaired) electrons. The first kappa shape index (κ1) is 15.5. The van der Waals surface area contributed by atoms with Crippen LogP contribution in [0, 0.1) is 0 Å². The molecule has 21 heavy (non-hydrogen) atoms. The lowest BCUT2D eigenvalue weighted by Gasteiger charge is -2.25. The Balaban J connectivity index is 1.58. The molecule has 2 N–H and O–H groups in total. The van der Waals surface area contributed by atoms with Gasteiger partial charge < -0.3 is 10.6 Å². The van der Waals surface area contributed by atoms with Crippen LogP contribution in [0.4, 0.5) is 0 Å². The van der Waals surface area contributed by atoms with Crippen molar-refractivity contribution in [3.8, 4) is 0 Å². The van der Waals surface area contributed by atoms with E-state index in [1.807, 2.05) is 18.2 Å². The van der Waals surface area contributed by atoms with Crippen LogP contribution < -0.4 is 10.6 Å². The van der Waals surface area contributed by atoms with Gasteiger partial charge in [0, 0.05) is 18.7 Å². The third-order valence-electron chi connectivity index (χ3n) is 3.58. The zero-order valence-corrected chi connectivity index (χ0v) is 12.3. The molecule has 0 aromatic heterocycles. The minimum Gasteiger partial charge on any atom is -0.353 e. The maximum Gasteiger partial charge on any atom is 0.251 e. The highest BCUT2D eigenvalue weighted by Crippen LogP contribution is 2.07. The predicted molar refractivity (Wildman–Crippen MR) is 82.1 cm³/mol. The van der Waals surface area contributed by atoms with E-state index in [1.165, 1.54) is 19.3 Å². The molecule has 114 valence electrons. The number of carbonyl (C=O) groups excluding carboxylic acids is 2. The van der Waals surface area contributed by atoms with Crippen molar-refractivity contribution in [3.63, 3.8) is 0 Å². The number of benzene rings is 1. The molecule has 2 amide bonds. The molecule has 1 fully saturated rings. The SMILES string of the molecule is O=C(CN1CCCCC1)NCCNC(=O)c1ccccc1. The Kier molecular flexibility index (Phi) is 6.22. The normalized spacial score (nSPS) is 15.4. The van der Waals surface area contributed by atoms with Crippen LogP contribution in [0.25, 0.3) is 0 Å². The second-order valence-corrected chi connectivity index (χ2v) is 5.31. The van der Waals surface area contributed by atoms with Crippen molar-refractivity contribution in [2.75, 3.05) is 32.7 Å². The van der Waals surface area contributed by atoms with Gasteiger partial charge in [-0.3, -0.25) is 14.5 Å². The fourth-order valence-electron chi connectivity index (χ4n) is 2.45. The molecule has 5 nitrogen and oxygen atoms in total. The predicted octanol–water partition coefficient (Wildman–Crippen LogP) is 1.02. The Morgan fingerprint density at radius 3 is 2.33 bits per heavy atom. The van der Waals surface area contributed by atoms with Gasteiger partial charge in [-0.2, -0.15) is 0 Å². The van der Waals surface area contributed by atoms with Crippen molar-refractivity contribution in [3.05, 3.63) is 35.9 Å². The van der Waals surface area contributed by atoms with Crippen LogP contribution in [0.2, 0.25) is 0 Å². The fraction of sp³-hybridized carbons (Fsp3) is 0.500. The average molecular weight is 289 g/mol. The van der Waals surface area contributed by atoms with Crippen molar-refractivity contribution in [2.24, 2.45) is 0 Å². The Bertz CT molecular complexity index is 456. The molecule has 1 aliphatic rings. The van der Waals surface area contributed by atoms with E-state index in [9.17, 15) is 9.59 Å². The van der Waals surface area contributed by atoms with Crippen molar-refractivity contribution in [1.82, 2.24) is 15.5 Å². The third kappa shape index (κ3) is 5.55. The molecule has 0 unspecified atom stereocenters. The summed E-state index contributed by atoms with van der Waals surface area (Å²) in [7, 11) is 0. The lowest BCUT2D eigenvalue weighted by molar-refractivity contribution is -0.122. The molecule has 5 heteroatoms. The maximum absolute atomic E-state index is 11.8. The standard InChI is InChI=1S/C16H23N3O2/c20-15(13-19-11-5-2-6-12-19)17-9-10-18-16(21)14-7-3-1-4-8-14/h1,3-4,7-8H,2,5-6,9-13H2,(H,17,20)(H,18,21). The number of piperidine rings is 1. The molecule has 0 atom stereocenters. The zero-order chi connectivity index (χ0) is 14.9. The summed E-state index contributed by atoms with van der Waals surface area (Å²) >= 11 is 0. The first-order valence-electron chi connectivity index (χ1n) is 7.58. The summed E-state index contributed by atoms with van der Waals surface area (Å²) in [6, 6.07) is 9.07. The van der Waals surface area contributed by atoms with Gasteiger partial charge in [-0.15, -0.1) is 0 Å². The summed E-state index contributed by atoms with van der Waals surface area (Å²) in [6.45, 7) is 3.40. The molecule has 1 heterocycles. The zero-order valence-electron chi connectivity index (χ0n) is 12.3. The minimum absolute atomic E-state index is 0.0332. The topological polar surface area (TPSA) is 61.4 Å². The number of nitrogens with one attached hydrogen (secondary N) is 2. The van der Waals surface area contributed by atoms with E-state index < -0.39 is 0 Å². The van der Waals surface area contributed by atoms with Crippen LogP contribution in [-0.2, 0) is 4.79 Å². The second kappa shape index (κ2) is 8.42. The monoisotopic (exact) mass is 289 g/mol. The Hall–Kier alpha value is -1.88. The number of likely N-dealkylation sites (tertiary alicyclic amines) is 1. The van der Waals surface area contributed by atoms with Gasteiger partial charge in [-0.25, -0.2) is 0 Å². The molecule has 0 bridgehead atoms. The Morgan fingerprint density at radius 1 is 0.952 bits per heavy atom. The van der Waals surface area contributed by atoms with E-state index in [4.69, 9.17) is 0 Å². The van der Waals surface area contributed by atoms with Crippen molar-refractivity contribution >= 4 is 11.8 Å². The molecule has 0 saturated carbocycles. The van der Waals surface area contributed by atoms with Gasteiger partial charge in [0.25, 0.3) is 5.91 Å². The fourth-order valence-corrected chi connectivity index (χ4v) is 2.45. The van der Waals surface area contributed by atoms with Gasteiger partial charge >= 0.3 is 0 Å². The first-order valence-corrected chi connectivity index (χ1v) is 7.58. The quantitative estimate of drug-likeness (QED) is 0.769. The number of nitrogens with zero attached hydrogens (tertiary/aromatic N) is 1. The van der Waals surface area contributed by atoms with Crippen LogP contribution in [0.15, 0.2) is 30.3 Å². The molecule has 1 aliphatic heterocycles. The highest BCUT2D eigenvalue weighted by Gasteiger charge is 2.13. The number of rotatable bonds is 6. The second-order valence-electron chi connectivity index (χ2n) is 5.31. The summed E-state index contributed by atoms with van der Waals surface area (Å²) in [5.41, 5.74) is 0.636. The number of hydrogen-bond donors (Lipinski definition) is 2. The summed E-state index contributed by atoms with van der Waals surface area (Å²) in [6.07, 6.45) is 3.63. The lowest BCUT2D eigenvalue weighted by atomic mass is 10.1. The molecule has 0 aliphatic carbocycles. The molecule has 0 spiro atoms. The molecule has 2 rings (SSSR count). The molecule has 1 saturated heterocycles. The van der Waals surface area contributed by atoms with Crippen LogP contribution in [-0.4, -0.2) is 49.4 Å². The lowest BCUT2D eigenvalue weighted by Crippen LogP contribution is -2.42. The van der Waals surface area contributed by atoms with Crippen molar-refractivity contribution in [2.45, 2.75) is 19.3 Å². The van der Waals surface area contributed by atoms with E-state index in [1.54, 1.807) is 12.1 Å². The van der Waals surface area contributed by atoms with Crippen LogP contribution in [0.1, 0.15) is 29.6 Å². The summed E-state index contributed by atoms with van der Waals surface area (Å²) in [5, 5.41) is 5.63. The van der Waals surface area contributed by atoms with E-state index in [0.717, 1.165) is 13.1 Å². The summed E-state index contributed by atoms with van der Waals surface area (Å²) in [4.78, 5) is 25.7. The van der Waals surface area contributed by atoms with E-state index in [-0.39, 0.29) is 11.8 Å². The van der Waals surface area contributed by atoms with Gasteiger partial charge in [0.05, 0.1) is 6.54 Å². The van der Waals surface area contributed by atoms with E-state index in [2.05, 4.69) is 15.5 Å². The largest absolute Gasteiger partial charge is 0.353 e. The summed E-state index contributed by atoms with van der Waals surface area (Å²) < 4.78 is 0. The first-order chi connectivity index (χ1) is 10.3. The smallest absolute Gasteiger partial charge is 0.251 e. The molecule has 1 aromatic rings. The van der Waals surface area contributed by atoms with Gasteiger partial charge in [-0.1, -0.05) is 24.6 Å². The molecule has 1 aromatic carbocycles. The summed E-state index contributed by atoms with van der Waals surface area (Å²) in [5.74, 6) is -0.0771. The van der Waals surface area contributed by atoms with E-state index in [0.29, 0.717) is 25.2 Å². The highest BCUT2D eigenvalue weighted by atomic mass is 16.2. The minimum atomic E-state index is -0.110. The van der Waals surface area contributed by atoms with Gasteiger partial charge in [0.1, 0.15) is 0 Å². The number of carbonyl (C=O) groups is 2. The molecular weight excluding hydrogens is 266 g/mol. The maximum atomic E-state index is 11.8. The molecular formula is C16H23N3O2. The van der Waals surface area contributed by atoms with Gasteiger partial charge in [0.15, 0.2) is 0 Å². The number of hydrogen-bond acceptors (Lipinski definition) is 3. The highest BCUT2D eigenvalue weighted by molar-refractivity contribution is 5.94. The average Bonchev–Trinajstić information content (AvgIpc) is 2.53. The number of amides is 2.